The van der Waals surface area contributed by atoms with E-state index in [4.69, 9.17) is 0 Å². The quantitative estimate of drug-likeness (QED) is 0.148. The molecule has 0 fully saturated rings. The Morgan fingerprint density at radius 1 is 0.266 bits per heavy atom. The number of hydrogen-bond acceptors (Lipinski definition) is 1. The minimum atomic E-state index is -0.508. The van der Waals surface area contributed by atoms with Gasteiger partial charge in [0.05, 0.1) is 11.1 Å². The molecule has 0 unspecified atom stereocenters. The van der Waals surface area contributed by atoms with Gasteiger partial charge in [0.2, 0.25) is 0 Å². The van der Waals surface area contributed by atoms with Crippen LogP contribution in [0.2, 0.25) is 0 Å². The molecule has 0 bridgehead atoms. The van der Waals surface area contributed by atoms with E-state index in [0.717, 1.165) is 17.1 Å². The lowest BCUT2D eigenvalue weighted by Crippen LogP contribution is -2.28. The fourth-order valence-electron chi connectivity index (χ4n) is 10.3. The molecule has 0 radical (unpaired) electrons. The summed E-state index contributed by atoms with van der Waals surface area (Å²) in [6, 6.07) is 95.9. The molecule has 1 aliphatic rings. The predicted octanol–water partition coefficient (Wildman–Crippen LogP) is 16.8. The summed E-state index contributed by atoms with van der Waals surface area (Å²) in [5.74, 6) is 0. The van der Waals surface area contributed by atoms with E-state index in [-0.39, 0.29) is 0 Å². The van der Waals surface area contributed by atoms with E-state index < -0.39 is 5.41 Å². The molecule has 1 aliphatic carbocycles. The molecule has 0 aliphatic heterocycles. The topological polar surface area (TPSA) is 3.24 Å². The first-order valence-electron chi connectivity index (χ1n) is 22.2. The number of nitrogens with zero attached hydrogens (tertiary/aromatic N) is 1. The molecule has 1 heteroatoms. The Hall–Kier alpha value is -8.26. The molecule has 11 aromatic rings. The van der Waals surface area contributed by atoms with Crippen LogP contribution in [0.3, 0.4) is 0 Å². The number of rotatable bonds is 8. The summed E-state index contributed by atoms with van der Waals surface area (Å²) in [7, 11) is 0. The molecule has 0 heterocycles. The van der Waals surface area contributed by atoms with Gasteiger partial charge >= 0.3 is 0 Å². The van der Waals surface area contributed by atoms with Crippen molar-refractivity contribution in [2.24, 2.45) is 0 Å². The lowest BCUT2D eigenvalue weighted by molar-refractivity contribution is 0.768. The van der Waals surface area contributed by atoms with E-state index >= 15 is 0 Å². The van der Waals surface area contributed by atoms with Gasteiger partial charge in [-0.1, -0.05) is 218 Å². The molecule has 0 saturated heterocycles. The zero-order valence-corrected chi connectivity index (χ0v) is 35.3. The highest BCUT2D eigenvalue weighted by Crippen LogP contribution is 2.59. The van der Waals surface area contributed by atoms with Crippen LogP contribution >= 0.6 is 0 Å². The third kappa shape index (κ3) is 6.24. The van der Waals surface area contributed by atoms with Crippen molar-refractivity contribution in [2.75, 3.05) is 4.90 Å². The summed E-state index contributed by atoms with van der Waals surface area (Å²) < 4.78 is 0. The fraction of sp³-hybridized carbons (Fsp3) is 0.0159. The zero-order chi connectivity index (χ0) is 42.5. The van der Waals surface area contributed by atoms with E-state index in [1.165, 1.54) is 88.3 Å². The number of fused-ring (bicyclic) bond motifs is 5. The van der Waals surface area contributed by atoms with Crippen molar-refractivity contribution in [1.29, 1.82) is 0 Å². The molecule has 0 aromatic heterocycles. The molecule has 1 nitrogen and oxygen atoms in total. The number of hydrogen-bond donors (Lipinski definition) is 0. The van der Waals surface area contributed by atoms with E-state index in [2.05, 4.69) is 266 Å². The first kappa shape index (κ1) is 37.5. The molecule has 64 heavy (non-hydrogen) atoms. The average Bonchev–Trinajstić information content (AvgIpc) is 3.69. The highest BCUT2D eigenvalue weighted by atomic mass is 15.1. The van der Waals surface area contributed by atoms with Gasteiger partial charge in [0, 0.05) is 16.9 Å². The van der Waals surface area contributed by atoms with Crippen LogP contribution in [0.15, 0.2) is 261 Å². The molecule has 0 saturated carbocycles. The van der Waals surface area contributed by atoms with Gasteiger partial charge < -0.3 is 4.90 Å². The maximum Gasteiger partial charge on any atom is 0.0714 e. The molecular formula is C63H43N. The lowest BCUT2D eigenvalue weighted by atomic mass is 9.68. The average molecular weight is 814 g/mol. The number of anilines is 3. The fourth-order valence-corrected chi connectivity index (χ4v) is 10.3. The summed E-state index contributed by atoms with van der Waals surface area (Å²) in [5, 5.41) is 4.99. The minimum absolute atomic E-state index is 0.508. The number of benzene rings is 11. The Morgan fingerprint density at radius 3 is 1.34 bits per heavy atom. The third-order valence-electron chi connectivity index (χ3n) is 13.3. The summed E-state index contributed by atoms with van der Waals surface area (Å²) >= 11 is 0. The van der Waals surface area contributed by atoms with Crippen LogP contribution in [0.4, 0.5) is 17.1 Å². The van der Waals surface area contributed by atoms with Gasteiger partial charge in [-0.2, -0.15) is 0 Å². The highest BCUT2D eigenvalue weighted by molar-refractivity contribution is 5.98. The van der Waals surface area contributed by atoms with Crippen molar-refractivity contribution in [1.82, 2.24) is 0 Å². The third-order valence-corrected chi connectivity index (χ3v) is 13.3. The molecule has 0 N–H and O–H groups in total. The molecule has 0 spiro atoms. The van der Waals surface area contributed by atoms with Crippen molar-refractivity contribution < 1.29 is 0 Å². The van der Waals surface area contributed by atoms with E-state index in [9.17, 15) is 0 Å². The first-order chi connectivity index (χ1) is 31.7. The van der Waals surface area contributed by atoms with Crippen LogP contribution in [-0.4, -0.2) is 0 Å². The Labute approximate surface area is 374 Å². The van der Waals surface area contributed by atoms with Crippen LogP contribution in [0.25, 0.3) is 66.1 Å². The molecule has 300 valence electrons. The largest absolute Gasteiger partial charge is 0.310 e. The van der Waals surface area contributed by atoms with Crippen molar-refractivity contribution in [3.05, 3.63) is 283 Å². The summed E-state index contributed by atoms with van der Waals surface area (Å²) in [5.41, 5.74) is 17.6. The minimum Gasteiger partial charge on any atom is -0.310 e. The van der Waals surface area contributed by atoms with Gasteiger partial charge in [0.1, 0.15) is 0 Å². The smallest absolute Gasteiger partial charge is 0.0714 e. The van der Waals surface area contributed by atoms with E-state index in [0.29, 0.717) is 0 Å². The van der Waals surface area contributed by atoms with Crippen LogP contribution in [0.5, 0.6) is 0 Å². The lowest BCUT2D eigenvalue weighted by Gasteiger charge is -2.34. The Kier molecular flexibility index (Phi) is 9.13. The highest BCUT2D eigenvalue weighted by Gasteiger charge is 2.47. The predicted molar refractivity (Wildman–Crippen MR) is 270 cm³/mol. The van der Waals surface area contributed by atoms with Gasteiger partial charge in [-0.15, -0.1) is 0 Å². The SMILES string of the molecule is c1ccc(C2(c3ccccc3)c3ccccc3-c3c(N(c4ccc(-c5ccc(-c6ccc7ccccc7c6)cc5)cc4)c4cccc(-c5ccc6ccccc6c5)c4)cccc32)cc1. The molecule has 11 aromatic carbocycles. The maximum absolute atomic E-state index is 2.47. The van der Waals surface area contributed by atoms with E-state index in [1.54, 1.807) is 0 Å². The first-order valence-corrected chi connectivity index (χ1v) is 22.2. The summed E-state index contributed by atoms with van der Waals surface area (Å²) in [4.78, 5) is 2.47. The second kappa shape index (κ2) is 15.6. The van der Waals surface area contributed by atoms with Crippen molar-refractivity contribution in [3.63, 3.8) is 0 Å². The van der Waals surface area contributed by atoms with Crippen LogP contribution < -0.4 is 4.90 Å². The maximum atomic E-state index is 2.47. The van der Waals surface area contributed by atoms with E-state index in [1.807, 2.05) is 0 Å². The summed E-state index contributed by atoms with van der Waals surface area (Å²) in [6.07, 6.45) is 0. The second-order valence-electron chi connectivity index (χ2n) is 16.9. The van der Waals surface area contributed by atoms with Gasteiger partial charge in [0.15, 0.2) is 0 Å². The molecule has 0 atom stereocenters. The van der Waals surface area contributed by atoms with Crippen LogP contribution in [-0.2, 0) is 5.41 Å². The Morgan fingerprint density at radius 2 is 0.719 bits per heavy atom. The molecule has 0 amide bonds. The standard InChI is InChI=1S/C63H43N/c1-3-20-54(21-4-1)63(55-22-5-2-6-23-55)59-26-12-11-25-58(59)62-60(63)27-14-28-61(62)64(57-24-13-19-51(43-57)53-36-34-45-16-8-10-18-50(45)42-53)56-39-37-47(38-40-56)46-29-31-48(32-30-46)52-35-33-44-15-7-9-17-49(44)41-52/h1-43H. The summed E-state index contributed by atoms with van der Waals surface area (Å²) in [6.45, 7) is 0. The van der Waals surface area contributed by atoms with Crippen LogP contribution in [0, 0.1) is 0 Å². The van der Waals surface area contributed by atoms with Gasteiger partial charge in [-0.05, 0) is 125 Å². The molecular weight excluding hydrogens is 771 g/mol. The normalized spacial score (nSPS) is 12.5. The van der Waals surface area contributed by atoms with Gasteiger partial charge in [-0.25, -0.2) is 0 Å². The van der Waals surface area contributed by atoms with Gasteiger partial charge in [0.25, 0.3) is 0 Å². The Bertz CT molecular complexity index is 3440. The second-order valence-corrected chi connectivity index (χ2v) is 16.9. The monoisotopic (exact) mass is 813 g/mol. The Balaban J connectivity index is 1.02. The zero-order valence-electron chi connectivity index (χ0n) is 35.3. The van der Waals surface area contributed by atoms with Gasteiger partial charge in [-0.3, -0.25) is 0 Å². The van der Waals surface area contributed by atoms with Crippen molar-refractivity contribution in [2.45, 2.75) is 5.41 Å². The van der Waals surface area contributed by atoms with Crippen LogP contribution in [0.1, 0.15) is 22.3 Å². The van der Waals surface area contributed by atoms with Crippen molar-refractivity contribution in [3.8, 4) is 44.5 Å². The molecule has 12 rings (SSSR count). The van der Waals surface area contributed by atoms with Crippen molar-refractivity contribution >= 4 is 38.6 Å².